The lowest BCUT2D eigenvalue weighted by molar-refractivity contribution is 0.415. The summed E-state index contributed by atoms with van der Waals surface area (Å²) in [5, 5.41) is 0. The summed E-state index contributed by atoms with van der Waals surface area (Å²) in [6, 6.07) is 1.80. The van der Waals surface area contributed by atoms with Gasteiger partial charge >= 0.3 is 0 Å². The second kappa shape index (κ2) is 3.09. The molecular formula is C7H9BrN2O. The number of hydrogen-bond donors (Lipinski definition) is 1. The molecule has 3 nitrogen and oxygen atoms in total. The van der Waals surface area contributed by atoms with Gasteiger partial charge < -0.3 is 10.5 Å². The van der Waals surface area contributed by atoms with Crippen molar-refractivity contribution < 1.29 is 4.74 Å². The molecule has 0 unspecified atom stereocenters. The molecule has 0 saturated heterocycles. The van der Waals surface area contributed by atoms with Gasteiger partial charge in [0.2, 0.25) is 0 Å². The van der Waals surface area contributed by atoms with Crippen LogP contribution in [0, 0.1) is 6.92 Å². The van der Waals surface area contributed by atoms with Crippen LogP contribution in [0.15, 0.2) is 10.5 Å². The molecule has 1 heterocycles. The maximum Gasteiger partial charge on any atom is 0.166 e. The van der Waals surface area contributed by atoms with Crippen molar-refractivity contribution >= 4 is 21.7 Å². The van der Waals surface area contributed by atoms with Gasteiger partial charge in [-0.05, 0) is 28.9 Å². The average molecular weight is 217 g/mol. The molecule has 0 aromatic carbocycles. The normalized spacial score (nSPS) is 9.73. The van der Waals surface area contributed by atoms with Crippen molar-refractivity contribution in [3.63, 3.8) is 0 Å². The van der Waals surface area contributed by atoms with E-state index in [1.165, 1.54) is 0 Å². The van der Waals surface area contributed by atoms with Crippen molar-refractivity contribution in [1.82, 2.24) is 4.98 Å². The van der Waals surface area contributed by atoms with E-state index >= 15 is 0 Å². The number of nitrogens with two attached hydrogens (primary N) is 1. The fourth-order valence-corrected chi connectivity index (χ4v) is 1.04. The highest BCUT2D eigenvalue weighted by atomic mass is 79.9. The van der Waals surface area contributed by atoms with Crippen LogP contribution in [0.25, 0.3) is 0 Å². The molecule has 1 rings (SSSR count). The largest absolute Gasteiger partial charge is 0.493 e. The number of aromatic nitrogens is 1. The predicted octanol–water partition coefficient (Wildman–Crippen LogP) is 1.74. The predicted molar refractivity (Wildman–Crippen MR) is 47.6 cm³/mol. The van der Waals surface area contributed by atoms with Gasteiger partial charge in [-0.1, -0.05) is 0 Å². The van der Waals surface area contributed by atoms with Crippen LogP contribution in [0.1, 0.15) is 5.69 Å². The third-order valence-electron chi connectivity index (χ3n) is 1.36. The van der Waals surface area contributed by atoms with Gasteiger partial charge in [-0.25, -0.2) is 4.98 Å². The molecule has 0 radical (unpaired) electrons. The van der Waals surface area contributed by atoms with E-state index in [9.17, 15) is 0 Å². The molecule has 11 heavy (non-hydrogen) atoms. The molecular weight excluding hydrogens is 208 g/mol. The fraction of sp³-hybridized carbons (Fsp3) is 0.286. The molecule has 4 heteroatoms. The summed E-state index contributed by atoms with van der Waals surface area (Å²) in [5.74, 6) is 1.02. The Bertz CT molecular complexity index is 275. The van der Waals surface area contributed by atoms with E-state index in [2.05, 4.69) is 20.9 Å². The fourth-order valence-electron chi connectivity index (χ4n) is 0.746. The number of nitrogens with zero attached hydrogens (tertiary/aromatic N) is 1. The van der Waals surface area contributed by atoms with E-state index in [4.69, 9.17) is 10.5 Å². The summed E-state index contributed by atoms with van der Waals surface area (Å²) in [4.78, 5) is 4.05. The minimum atomic E-state index is 0.424. The van der Waals surface area contributed by atoms with Gasteiger partial charge in [0.15, 0.2) is 11.6 Å². The summed E-state index contributed by atoms with van der Waals surface area (Å²) in [6.45, 7) is 1.87. The molecule has 0 aliphatic carbocycles. The number of aryl methyl sites for hydroxylation is 1. The van der Waals surface area contributed by atoms with Crippen LogP contribution in [-0.2, 0) is 0 Å². The molecule has 0 amide bonds. The van der Waals surface area contributed by atoms with Gasteiger partial charge in [-0.3, -0.25) is 0 Å². The lowest BCUT2D eigenvalue weighted by Crippen LogP contribution is -1.97. The maximum absolute atomic E-state index is 5.54. The lowest BCUT2D eigenvalue weighted by atomic mass is 10.3. The third kappa shape index (κ3) is 1.63. The van der Waals surface area contributed by atoms with E-state index in [1.54, 1.807) is 13.2 Å². The number of hydrogen-bond acceptors (Lipinski definition) is 3. The first-order valence-corrected chi connectivity index (χ1v) is 3.91. The maximum atomic E-state index is 5.54. The number of ether oxygens (including phenoxy) is 1. The molecule has 60 valence electrons. The zero-order chi connectivity index (χ0) is 8.43. The Morgan fingerprint density at radius 1 is 1.64 bits per heavy atom. The van der Waals surface area contributed by atoms with Crippen LogP contribution in [0.3, 0.4) is 0 Å². The first-order chi connectivity index (χ1) is 5.15. The van der Waals surface area contributed by atoms with Crippen LogP contribution in [0.2, 0.25) is 0 Å². The number of methoxy groups -OCH3 is 1. The molecule has 0 bridgehead atoms. The molecule has 1 aromatic rings. The van der Waals surface area contributed by atoms with E-state index in [0.29, 0.717) is 11.6 Å². The molecule has 0 aliphatic rings. The van der Waals surface area contributed by atoms with Crippen molar-refractivity contribution in [1.29, 1.82) is 0 Å². The minimum Gasteiger partial charge on any atom is -0.493 e. The van der Waals surface area contributed by atoms with Crippen LogP contribution < -0.4 is 10.5 Å². The monoisotopic (exact) mass is 216 g/mol. The van der Waals surface area contributed by atoms with Gasteiger partial charge in [-0.2, -0.15) is 0 Å². The standard InChI is InChI=1S/C7H9BrN2O/c1-4-5(8)3-6(11-2)7(9)10-4/h3H,1-2H3,(H2,9,10). The van der Waals surface area contributed by atoms with Gasteiger partial charge in [0, 0.05) is 4.47 Å². The Balaban J connectivity index is 3.21. The van der Waals surface area contributed by atoms with E-state index in [-0.39, 0.29) is 0 Å². The molecule has 0 atom stereocenters. The number of halogens is 1. The van der Waals surface area contributed by atoms with E-state index in [1.807, 2.05) is 6.92 Å². The van der Waals surface area contributed by atoms with Crippen molar-refractivity contribution in [3.8, 4) is 5.75 Å². The highest BCUT2D eigenvalue weighted by Gasteiger charge is 2.03. The lowest BCUT2D eigenvalue weighted by Gasteiger charge is -2.05. The Hall–Kier alpha value is -0.770. The Morgan fingerprint density at radius 3 is 2.82 bits per heavy atom. The van der Waals surface area contributed by atoms with Gasteiger partial charge in [0.25, 0.3) is 0 Å². The minimum absolute atomic E-state index is 0.424. The topological polar surface area (TPSA) is 48.1 Å². The number of nitrogen functional groups attached to an aromatic ring is 1. The Labute approximate surface area is 73.7 Å². The highest BCUT2D eigenvalue weighted by Crippen LogP contribution is 2.25. The van der Waals surface area contributed by atoms with E-state index in [0.717, 1.165) is 10.2 Å². The first kappa shape index (κ1) is 8.33. The first-order valence-electron chi connectivity index (χ1n) is 3.11. The third-order valence-corrected chi connectivity index (χ3v) is 2.17. The number of pyridine rings is 1. The van der Waals surface area contributed by atoms with Crippen LogP contribution >= 0.6 is 15.9 Å². The summed E-state index contributed by atoms with van der Waals surface area (Å²) in [5.41, 5.74) is 6.41. The summed E-state index contributed by atoms with van der Waals surface area (Å²) < 4.78 is 5.87. The van der Waals surface area contributed by atoms with E-state index < -0.39 is 0 Å². The van der Waals surface area contributed by atoms with Gasteiger partial charge in [0.05, 0.1) is 12.8 Å². The second-order valence-electron chi connectivity index (χ2n) is 2.14. The zero-order valence-corrected chi connectivity index (χ0v) is 7.97. The number of anilines is 1. The molecule has 0 fully saturated rings. The molecule has 2 N–H and O–H groups in total. The van der Waals surface area contributed by atoms with Crippen molar-refractivity contribution in [2.75, 3.05) is 12.8 Å². The Kier molecular flexibility index (Phi) is 2.34. The summed E-state index contributed by atoms with van der Waals surface area (Å²) in [7, 11) is 1.56. The summed E-state index contributed by atoms with van der Waals surface area (Å²) >= 11 is 3.32. The second-order valence-corrected chi connectivity index (χ2v) is 3.00. The Morgan fingerprint density at radius 2 is 2.27 bits per heavy atom. The van der Waals surface area contributed by atoms with Crippen LogP contribution in [-0.4, -0.2) is 12.1 Å². The molecule has 1 aromatic heterocycles. The molecule has 0 spiro atoms. The number of rotatable bonds is 1. The van der Waals surface area contributed by atoms with Gasteiger partial charge in [-0.15, -0.1) is 0 Å². The average Bonchev–Trinajstić information content (AvgIpc) is 1.97. The van der Waals surface area contributed by atoms with Crippen molar-refractivity contribution in [3.05, 3.63) is 16.2 Å². The smallest absolute Gasteiger partial charge is 0.166 e. The van der Waals surface area contributed by atoms with Crippen LogP contribution in [0.5, 0.6) is 5.75 Å². The zero-order valence-electron chi connectivity index (χ0n) is 6.39. The van der Waals surface area contributed by atoms with Gasteiger partial charge in [0.1, 0.15) is 0 Å². The molecule has 0 saturated carbocycles. The van der Waals surface area contributed by atoms with Crippen LogP contribution in [0.4, 0.5) is 5.82 Å². The highest BCUT2D eigenvalue weighted by molar-refractivity contribution is 9.10. The SMILES string of the molecule is COc1cc(Br)c(C)nc1N. The molecule has 0 aliphatic heterocycles. The van der Waals surface area contributed by atoms with Crippen molar-refractivity contribution in [2.45, 2.75) is 6.92 Å². The quantitative estimate of drug-likeness (QED) is 0.779. The summed E-state index contributed by atoms with van der Waals surface area (Å²) in [6.07, 6.45) is 0. The van der Waals surface area contributed by atoms with Crippen molar-refractivity contribution in [2.24, 2.45) is 0 Å².